The number of aliphatic hydroxyl groups excluding tert-OH is 1. The number of rotatable bonds is 4. The third kappa shape index (κ3) is 3.31. The lowest BCUT2D eigenvalue weighted by atomic mass is 10.1. The molecule has 0 aliphatic rings. The molecule has 2 rings (SSSR count). The van der Waals surface area contributed by atoms with Crippen molar-refractivity contribution in [2.45, 2.75) is 6.10 Å². The fraction of sp³-hybridized carbons (Fsp3) is 0.143. The Morgan fingerprint density at radius 2 is 1.78 bits per heavy atom. The quantitative estimate of drug-likeness (QED) is 0.902. The van der Waals surface area contributed by atoms with Gasteiger partial charge in [-0.15, -0.1) is 0 Å². The van der Waals surface area contributed by atoms with E-state index in [2.05, 4.69) is 21.2 Å². The molecule has 2 nitrogen and oxygen atoms in total. The number of nitrogens with one attached hydrogen (secondary N) is 1. The van der Waals surface area contributed by atoms with E-state index in [1.54, 1.807) is 18.2 Å². The normalized spacial score (nSPS) is 12.2. The Morgan fingerprint density at radius 1 is 1.11 bits per heavy atom. The largest absolute Gasteiger partial charge is 0.387 e. The zero-order valence-corrected chi connectivity index (χ0v) is 11.2. The van der Waals surface area contributed by atoms with Gasteiger partial charge in [0, 0.05) is 11.0 Å². The molecule has 0 aliphatic carbocycles. The number of para-hydroxylation sites is 1. The first-order valence-corrected chi connectivity index (χ1v) is 6.38. The Labute approximate surface area is 114 Å². The van der Waals surface area contributed by atoms with Crippen LogP contribution in [0.3, 0.4) is 0 Å². The molecule has 2 N–H and O–H groups in total. The number of aliphatic hydroxyl groups is 1. The zero-order valence-electron chi connectivity index (χ0n) is 9.61. The lowest BCUT2D eigenvalue weighted by molar-refractivity contribution is 0.191. The summed E-state index contributed by atoms with van der Waals surface area (Å²) in [5.74, 6) is -0.319. The first-order chi connectivity index (χ1) is 8.66. The molecular weight excluding hydrogens is 297 g/mol. The third-order valence-electron chi connectivity index (χ3n) is 2.61. The minimum atomic E-state index is -0.669. The Kier molecular flexibility index (Phi) is 4.33. The van der Waals surface area contributed by atoms with E-state index in [1.807, 2.05) is 24.3 Å². The molecule has 18 heavy (non-hydrogen) atoms. The highest BCUT2D eigenvalue weighted by molar-refractivity contribution is 9.10. The van der Waals surface area contributed by atoms with Gasteiger partial charge in [-0.2, -0.15) is 0 Å². The van der Waals surface area contributed by atoms with Gasteiger partial charge in [0.1, 0.15) is 5.82 Å². The molecule has 4 heteroatoms. The van der Waals surface area contributed by atoms with Crippen molar-refractivity contribution in [1.29, 1.82) is 0 Å². The lowest BCUT2D eigenvalue weighted by Gasteiger charge is -2.13. The minimum absolute atomic E-state index is 0.266. The summed E-state index contributed by atoms with van der Waals surface area (Å²) in [6, 6.07) is 13.8. The molecule has 1 unspecified atom stereocenters. The molecule has 0 amide bonds. The molecule has 0 bridgehead atoms. The van der Waals surface area contributed by atoms with Crippen molar-refractivity contribution in [1.82, 2.24) is 0 Å². The number of hydrogen-bond donors (Lipinski definition) is 2. The second-order valence-electron chi connectivity index (χ2n) is 3.93. The van der Waals surface area contributed by atoms with Crippen molar-refractivity contribution >= 4 is 21.6 Å². The van der Waals surface area contributed by atoms with Gasteiger partial charge in [-0.3, -0.25) is 0 Å². The summed E-state index contributed by atoms with van der Waals surface area (Å²) in [4.78, 5) is 0. The number of anilines is 1. The minimum Gasteiger partial charge on any atom is -0.387 e. The molecule has 0 fully saturated rings. The van der Waals surface area contributed by atoms with Crippen LogP contribution in [0.1, 0.15) is 11.7 Å². The second kappa shape index (κ2) is 5.98. The first kappa shape index (κ1) is 13.1. The van der Waals surface area contributed by atoms with Crippen molar-refractivity contribution in [3.8, 4) is 0 Å². The lowest BCUT2D eigenvalue weighted by Crippen LogP contribution is -2.12. The number of hydrogen-bond acceptors (Lipinski definition) is 2. The Hall–Kier alpha value is -1.39. The van der Waals surface area contributed by atoms with Crippen molar-refractivity contribution in [3.63, 3.8) is 0 Å². The highest BCUT2D eigenvalue weighted by Gasteiger charge is 2.08. The molecule has 94 valence electrons. The highest BCUT2D eigenvalue weighted by atomic mass is 79.9. The van der Waals surface area contributed by atoms with Crippen LogP contribution in [-0.4, -0.2) is 11.7 Å². The van der Waals surface area contributed by atoms with Crippen molar-refractivity contribution in [2.24, 2.45) is 0 Å². The van der Waals surface area contributed by atoms with Gasteiger partial charge in [0.25, 0.3) is 0 Å². The summed E-state index contributed by atoms with van der Waals surface area (Å²) >= 11 is 3.33. The maximum atomic E-state index is 13.3. The van der Waals surface area contributed by atoms with Crippen molar-refractivity contribution in [2.75, 3.05) is 11.9 Å². The molecular formula is C14H13BrFNO. The fourth-order valence-electron chi connectivity index (χ4n) is 1.61. The molecule has 0 saturated heterocycles. The van der Waals surface area contributed by atoms with Crippen LogP contribution in [0.5, 0.6) is 0 Å². The van der Waals surface area contributed by atoms with E-state index in [0.717, 1.165) is 10.0 Å². The van der Waals surface area contributed by atoms with E-state index in [-0.39, 0.29) is 12.4 Å². The smallest absolute Gasteiger partial charge is 0.146 e. The maximum Gasteiger partial charge on any atom is 0.146 e. The molecule has 2 aromatic carbocycles. The predicted octanol–water partition coefficient (Wildman–Crippen LogP) is 3.73. The summed E-state index contributed by atoms with van der Waals surface area (Å²) in [5.41, 5.74) is 1.19. The molecule has 2 aromatic rings. The van der Waals surface area contributed by atoms with Gasteiger partial charge in [0.2, 0.25) is 0 Å². The van der Waals surface area contributed by atoms with Crippen LogP contribution in [0.2, 0.25) is 0 Å². The topological polar surface area (TPSA) is 32.3 Å². The highest BCUT2D eigenvalue weighted by Crippen LogP contribution is 2.18. The Morgan fingerprint density at radius 3 is 2.44 bits per heavy atom. The maximum absolute atomic E-state index is 13.3. The van der Waals surface area contributed by atoms with Crippen LogP contribution < -0.4 is 5.32 Å². The van der Waals surface area contributed by atoms with Gasteiger partial charge in [-0.1, -0.05) is 40.2 Å². The summed E-state index contributed by atoms with van der Waals surface area (Å²) in [6.07, 6.45) is -0.669. The summed E-state index contributed by atoms with van der Waals surface area (Å²) in [7, 11) is 0. The van der Waals surface area contributed by atoms with Gasteiger partial charge < -0.3 is 10.4 Å². The first-order valence-electron chi connectivity index (χ1n) is 5.59. The summed E-state index contributed by atoms with van der Waals surface area (Å²) in [5, 5.41) is 12.9. The third-order valence-corrected chi connectivity index (χ3v) is 3.14. The molecule has 0 spiro atoms. The SMILES string of the molecule is OC(CNc1ccccc1F)c1ccc(Br)cc1. The summed E-state index contributed by atoms with van der Waals surface area (Å²) in [6.45, 7) is 0.266. The molecule has 0 heterocycles. The van der Waals surface area contributed by atoms with Crippen LogP contribution in [0, 0.1) is 5.82 Å². The molecule has 0 saturated carbocycles. The van der Waals surface area contributed by atoms with E-state index in [1.165, 1.54) is 6.07 Å². The fourth-order valence-corrected chi connectivity index (χ4v) is 1.88. The van der Waals surface area contributed by atoms with Crippen molar-refractivity contribution < 1.29 is 9.50 Å². The molecule has 0 radical (unpaired) electrons. The monoisotopic (exact) mass is 309 g/mol. The van der Waals surface area contributed by atoms with E-state index in [4.69, 9.17) is 0 Å². The second-order valence-corrected chi connectivity index (χ2v) is 4.84. The van der Waals surface area contributed by atoms with E-state index < -0.39 is 6.10 Å². The number of halogens is 2. The van der Waals surface area contributed by atoms with Crippen LogP contribution in [0.25, 0.3) is 0 Å². The van der Waals surface area contributed by atoms with Gasteiger partial charge in [0.15, 0.2) is 0 Å². The van der Waals surface area contributed by atoms with Crippen molar-refractivity contribution in [3.05, 3.63) is 64.4 Å². The molecule has 0 aromatic heterocycles. The average Bonchev–Trinajstić information content (AvgIpc) is 2.38. The molecule has 0 aliphatic heterocycles. The van der Waals surface area contributed by atoms with Crippen LogP contribution in [0.4, 0.5) is 10.1 Å². The summed E-state index contributed by atoms with van der Waals surface area (Å²) < 4.78 is 14.3. The average molecular weight is 310 g/mol. The van der Waals surface area contributed by atoms with Crippen LogP contribution in [-0.2, 0) is 0 Å². The van der Waals surface area contributed by atoms with Gasteiger partial charge in [-0.25, -0.2) is 4.39 Å². The van der Waals surface area contributed by atoms with E-state index >= 15 is 0 Å². The molecule has 1 atom stereocenters. The van der Waals surface area contributed by atoms with Gasteiger partial charge in [0.05, 0.1) is 11.8 Å². The van der Waals surface area contributed by atoms with Crippen LogP contribution in [0.15, 0.2) is 53.0 Å². The van der Waals surface area contributed by atoms with Crippen LogP contribution >= 0.6 is 15.9 Å². The number of benzene rings is 2. The Balaban J connectivity index is 1.98. The van der Waals surface area contributed by atoms with E-state index in [9.17, 15) is 9.50 Å². The standard InChI is InChI=1S/C14H13BrFNO/c15-11-7-5-10(6-8-11)14(18)9-17-13-4-2-1-3-12(13)16/h1-8,14,17-18H,9H2. The Bertz CT molecular complexity index is 515. The predicted molar refractivity (Wildman–Crippen MR) is 74.0 cm³/mol. The van der Waals surface area contributed by atoms with E-state index in [0.29, 0.717) is 5.69 Å². The zero-order chi connectivity index (χ0) is 13.0. The van der Waals surface area contributed by atoms with Gasteiger partial charge in [-0.05, 0) is 29.8 Å². The van der Waals surface area contributed by atoms with Gasteiger partial charge >= 0.3 is 0 Å².